The lowest BCUT2D eigenvalue weighted by molar-refractivity contribution is 0.159. The molecule has 0 heterocycles. The summed E-state index contributed by atoms with van der Waals surface area (Å²) in [6.07, 6.45) is 5.78. The normalized spacial score (nSPS) is 19.4. The molecule has 2 rings (SSSR count). The molecule has 0 spiro atoms. The van der Waals surface area contributed by atoms with Crippen molar-refractivity contribution in [1.82, 2.24) is 5.32 Å². The largest absolute Gasteiger partial charge is 0.387 e. The fourth-order valence-corrected chi connectivity index (χ4v) is 3.14. The zero-order valence-corrected chi connectivity index (χ0v) is 13.2. The van der Waals surface area contributed by atoms with Crippen molar-refractivity contribution < 1.29 is 5.11 Å². The van der Waals surface area contributed by atoms with Gasteiger partial charge in [0.1, 0.15) is 0 Å². The van der Waals surface area contributed by atoms with Gasteiger partial charge in [0.05, 0.1) is 6.10 Å². The van der Waals surface area contributed by atoms with Crippen molar-refractivity contribution in [2.45, 2.75) is 64.5 Å². The Kier molecular flexibility index (Phi) is 5.22. The Balaban J connectivity index is 1.87. The van der Waals surface area contributed by atoms with Crippen LogP contribution in [0, 0.1) is 5.92 Å². The first kappa shape index (κ1) is 15.5. The standard InChI is InChI=1S/C18H29NO/c1-14(2)12-15-6-8-16(9-7-15)17(20)13-19-18(3)10-4-5-11-18/h6-9,14,17,19-20H,4-5,10-13H2,1-3H3. The highest BCUT2D eigenvalue weighted by molar-refractivity contribution is 5.24. The molecule has 1 fully saturated rings. The number of β-amino-alcohol motifs (C(OH)–C–C–N with tert-alkyl or cyclic N) is 1. The Bertz CT molecular complexity index is 404. The molecule has 1 unspecified atom stereocenters. The zero-order chi connectivity index (χ0) is 14.6. The first-order valence-electron chi connectivity index (χ1n) is 8.00. The number of benzene rings is 1. The molecule has 2 N–H and O–H groups in total. The van der Waals surface area contributed by atoms with Gasteiger partial charge in [-0.25, -0.2) is 0 Å². The average molecular weight is 275 g/mol. The minimum atomic E-state index is -0.402. The Hall–Kier alpha value is -0.860. The summed E-state index contributed by atoms with van der Waals surface area (Å²) < 4.78 is 0. The van der Waals surface area contributed by atoms with Gasteiger partial charge >= 0.3 is 0 Å². The van der Waals surface area contributed by atoms with Gasteiger partial charge in [-0.15, -0.1) is 0 Å². The van der Waals surface area contributed by atoms with Crippen molar-refractivity contribution in [2.75, 3.05) is 6.54 Å². The minimum Gasteiger partial charge on any atom is -0.387 e. The molecule has 0 amide bonds. The van der Waals surface area contributed by atoms with Crippen LogP contribution in [0.1, 0.15) is 63.7 Å². The Morgan fingerprint density at radius 2 is 1.75 bits per heavy atom. The van der Waals surface area contributed by atoms with Crippen molar-refractivity contribution in [2.24, 2.45) is 5.92 Å². The SMILES string of the molecule is CC(C)Cc1ccc(C(O)CNC2(C)CCCC2)cc1. The quantitative estimate of drug-likeness (QED) is 0.826. The van der Waals surface area contributed by atoms with E-state index in [-0.39, 0.29) is 5.54 Å². The Morgan fingerprint density at radius 3 is 2.30 bits per heavy atom. The van der Waals surface area contributed by atoms with Crippen LogP contribution in [0.2, 0.25) is 0 Å². The molecule has 112 valence electrons. The average Bonchev–Trinajstić information content (AvgIpc) is 2.84. The van der Waals surface area contributed by atoms with Gasteiger partial charge in [-0.3, -0.25) is 0 Å². The van der Waals surface area contributed by atoms with Crippen molar-refractivity contribution in [3.63, 3.8) is 0 Å². The highest BCUT2D eigenvalue weighted by Gasteiger charge is 2.28. The van der Waals surface area contributed by atoms with E-state index in [0.717, 1.165) is 12.0 Å². The van der Waals surface area contributed by atoms with Crippen molar-refractivity contribution in [3.05, 3.63) is 35.4 Å². The monoisotopic (exact) mass is 275 g/mol. The highest BCUT2D eigenvalue weighted by Crippen LogP contribution is 2.29. The third-order valence-electron chi connectivity index (χ3n) is 4.44. The molecule has 1 atom stereocenters. The maximum atomic E-state index is 10.3. The first-order valence-corrected chi connectivity index (χ1v) is 8.00. The molecule has 1 saturated carbocycles. The second-order valence-electron chi connectivity index (χ2n) is 7.00. The molecule has 0 saturated heterocycles. The number of nitrogens with one attached hydrogen (secondary N) is 1. The van der Waals surface area contributed by atoms with Crippen LogP contribution in [0.5, 0.6) is 0 Å². The number of hydrogen-bond acceptors (Lipinski definition) is 2. The second-order valence-corrected chi connectivity index (χ2v) is 7.00. The molecule has 0 radical (unpaired) electrons. The van der Waals surface area contributed by atoms with Gasteiger partial charge in [-0.2, -0.15) is 0 Å². The molecule has 2 nitrogen and oxygen atoms in total. The number of hydrogen-bond donors (Lipinski definition) is 2. The first-order chi connectivity index (χ1) is 9.48. The third-order valence-corrected chi connectivity index (χ3v) is 4.44. The summed E-state index contributed by atoms with van der Waals surface area (Å²) in [5, 5.41) is 13.9. The van der Waals surface area contributed by atoms with Gasteiger partial charge in [0, 0.05) is 12.1 Å². The number of aliphatic hydroxyl groups is 1. The smallest absolute Gasteiger partial charge is 0.0914 e. The second kappa shape index (κ2) is 6.73. The summed E-state index contributed by atoms with van der Waals surface area (Å²) in [5.41, 5.74) is 2.61. The lowest BCUT2D eigenvalue weighted by Crippen LogP contribution is -2.41. The molecular weight excluding hydrogens is 246 g/mol. The summed E-state index contributed by atoms with van der Waals surface area (Å²) in [6, 6.07) is 8.44. The number of aliphatic hydroxyl groups excluding tert-OH is 1. The zero-order valence-electron chi connectivity index (χ0n) is 13.2. The van der Waals surface area contributed by atoms with E-state index in [2.05, 4.69) is 50.4 Å². The van der Waals surface area contributed by atoms with E-state index >= 15 is 0 Å². The van der Waals surface area contributed by atoms with Crippen molar-refractivity contribution >= 4 is 0 Å². The molecule has 0 bridgehead atoms. The summed E-state index contributed by atoms with van der Waals surface area (Å²) >= 11 is 0. The molecule has 1 aliphatic carbocycles. The highest BCUT2D eigenvalue weighted by atomic mass is 16.3. The van der Waals surface area contributed by atoms with E-state index in [1.165, 1.54) is 31.2 Å². The van der Waals surface area contributed by atoms with Crippen LogP contribution in [0.25, 0.3) is 0 Å². The Labute approximate surface area is 123 Å². The van der Waals surface area contributed by atoms with E-state index in [1.54, 1.807) is 0 Å². The van der Waals surface area contributed by atoms with Crippen molar-refractivity contribution in [3.8, 4) is 0 Å². The lowest BCUT2D eigenvalue weighted by Gasteiger charge is -2.27. The van der Waals surface area contributed by atoms with Gasteiger partial charge in [-0.05, 0) is 43.2 Å². The summed E-state index contributed by atoms with van der Waals surface area (Å²) in [5.74, 6) is 0.676. The molecule has 1 aromatic rings. The topological polar surface area (TPSA) is 32.3 Å². The van der Waals surface area contributed by atoms with Crippen LogP contribution in [0.3, 0.4) is 0 Å². The van der Waals surface area contributed by atoms with Gasteiger partial charge in [0.15, 0.2) is 0 Å². The van der Waals surface area contributed by atoms with Crippen LogP contribution in [-0.2, 0) is 6.42 Å². The summed E-state index contributed by atoms with van der Waals surface area (Å²) in [6.45, 7) is 7.39. The van der Waals surface area contributed by atoms with Gasteiger partial charge < -0.3 is 10.4 Å². The van der Waals surface area contributed by atoms with Crippen LogP contribution >= 0.6 is 0 Å². The van der Waals surface area contributed by atoms with Gasteiger partial charge in [-0.1, -0.05) is 51.0 Å². The van der Waals surface area contributed by atoms with E-state index < -0.39 is 6.10 Å². The van der Waals surface area contributed by atoms with Gasteiger partial charge in [0.2, 0.25) is 0 Å². The fourth-order valence-electron chi connectivity index (χ4n) is 3.14. The predicted molar refractivity (Wildman–Crippen MR) is 84.8 cm³/mol. The predicted octanol–water partition coefficient (Wildman–Crippen LogP) is 3.84. The van der Waals surface area contributed by atoms with Crippen LogP contribution in [0.4, 0.5) is 0 Å². The molecule has 1 aromatic carbocycles. The summed E-state index contributed by atoms with van der Waals surface area (Å²) in [7, 11) is 0. The van der Waals surface area contributed by atoms with Crippen molar-refractivity contribution in [1.29, 1.82) is 0 Å². The maximum Gasteiger partial charge on any atom is 0.0914 e. The minimum absolute atomic E-state index is 0.235. The van der Waals surface area contributed by atoms with Crippen LogP contribution in [0.15, 0.2) is 24.3 Å². The van der Waals surface area contributed by atoms with E-state index in [1.807, 2.05) is 0 Å². The lowest BCUT2D eigenvalue weighted by atomic mass is 9.98. The Morgan fingerprint density at radius 1 is 1.15 bits per heavy atom. The van der Waals surface area contributed by atoms with Gasteiger partial charge in [0.25, 0.3) is 0 Å². The fraction of sp³-hybridized carbons (Fsp3) is 0.667. The van der Waals surface area contributed by atoms with E-state index in [0.29, 0.717) is 12.5 Å². The third kappa shape index (κ3) is 4.32. The molecule has 1 aliphatic rings. The van der Waals surface area contributed by atoms with E-state index in [4.69, 9.17) is 0 Å². The molecule has 0 aliphatic heterocycles. The van der Waals surface area contributed by atoms with E-state index in [9.17, 15) is 5.11 Å². The molecule has 2 heteroatoms. The number of rotatable bonds is 6. The molecule has 0 aromatic heterocycles. The van der Waals surface area contributed by atoms with Crippen LogP contribution in [-0.4, -0.2) is 17.2 Å². The molecular formula is C18H29NO. The van der Waals surface area contributed by atoms with Crippen LogP contribution < -0.4 is 5.32 Å². The maximum absolute atomic E-state index is 10.3. The summed E-state index contributed by atoms with van der Waals surface area (Å²) in [4.78, 5) is 0. The molecule has 20 heavy (non-hydrogen) atoms.